The Balaban J connectivity index is 1.44. The third-order valence-corrected chi connectivity index (χ3v) is 6.99. The second-order valence-corrected chi connectivity index (χ2v) is 9.59. The summed E-state index contributed by atoms with van der Waals surface area (Å²) in [6, 6.07) is 17.1. The van der Waals surface area contributed by atoms with Gasteiger partial charge in [0.2, 0.25) is 0 Å². The van der Waals surface area contributed by atoms with Gasteiger partial charge in [-0.2, -0.15) is 0 Å². The summed E-state index contributed by atoms with van der Waals surface area (Å²) in [7, 11) is -2.43. The number of sulfonamides is 1. The number of methoxy groups -OCH3 is 1. The van der Waals surface area contributed by atoms with Crippen molar-refractivity contribution in [1.29, 1.82) is 0 Å². The van der Waals surface area contributed by atoms with Crippen molar-refractivity contribution in [2.75, 3.05) is 11.8 Å². The number of hydrogen-bond donors (Lipinski definition) is 4. The van der Waals surface area contributed by atoms with Crippen molar-refractivity contribution >= 4 is 38.4 Å². The van der Waals surface area contributed by atoms with Gasteiger partial charge >= 0.3 is 0 Å². The average molecular weight is 493 g/mol. The predicted octanol–water partition coefficient (Wildman–Crippen LogP) is 3.67. The highest BCUT2D eigenvalue weighted by atomic mass is 32.2. The molecule has 9 nitrogen and oxygen atoms in total. The van der Waals surface area contributed by atoms with Crippen LogP contribution >= 0.6 is 0 Å². The lowest BCUT2D eigenvalue weighted by Crippen LogP contribution is -2.41. The fraction of sp³-hybridized carbons (Fsp3) is 0.120. The smallest absolute Gasteiger partial charge is 0.269 e. The van der Waals surface area contributed by atoms with Crippen molar-refractivity contribution in [1.82, 2.24) is 15.8 Å². The van der Waals surface area contributed by atoms with Gasteiger partial charge < -0.3 is 9.72 Å². The fourth-order valence-electron chi connectivity index (χ4n) is 3.54. The Labute approximate surface area is 202 Å². The summed E-state index contributed by atoms with van der Waals surface area (Å²) in [5.74, 6) is -0.565. The van der Waals surface area contributed by atoms with Crippen molar-refractivity contribution in [2.24, 2.45) is 0 Å². The molecule has 0 unspecified atom stereocenters. The number of aryl methyl sites for hydroxylation is 2. The molecule has 0 spiro atoms. The summed E-state index contributed by atoms with van der Waals surface area (Å²) in [5.41, 5.74) is 8.46. The molecule has 1 aromatic heterocycles. The molecule has 3 aromatic carbocycles. The van der Waals surface area contributed by atoms with E-state index in [1.165, 1.54) is 31.4 Å². The third-order valence-electron chi connectivity index (χ3n) is 5.61. The summed E-state index contributed by atoms with van der Waals surface area (Å²) in [4.78, 5) is 28.3. The Morgan fingerprint density at radius 1 is 0.857 bits per heavy atom. The largest absolute Gasteiger partial charge is 0.497 e. The van der Waals surface area contributed by atoms with E-state index in [1.807, 2.05) is 13.8 Å². The van der Waals surface area contributed by atoms with E-state index in [9.17, 15) is 18.0 Å². The molecule has 0 fully saturated rings. The second-order valence-electron chi connectivity index (χ2n) is 7.91. The topological polar surface area (TPSA) is 129 Å². The standard InChI is InChI=1S/C25H24N4O5S/c1-15-16(2)26-23-12-7-18(14-22(15)23)25(31)28-27-24(30)17-5-4-6-21(13-17)35(32,33)29-19-8-10-20(34-3)11-9-19/h4-14,26,29H,1-3H3,(H,27,30)(H,28,31). The first-order chi connectivity index (χ1) is 16.7. The highest BCUT2D eigenvalue weighted by Crippen LogP contribution is 2.23. The molecule has 0 bridgehead atoms. The Bertz CT molecular complexity index is 1530. The van der Waals surface area contributed by atoms with E-state index in [4.69, 9.17) is 4.74 Å². The van der Waals surface area contributed by atoms with Crippen LogP contribution in [0.15, 0.2) is 71.6 Å². The molecular formula is C25H24N4O5S. The minimum Gasteiger partial charge on any atom is -0.497 e. The normalized spacial score (nSPS) is 11.2. The van der Waals surface area contributed by atoms with Crippen LogP contribution in [0, 0.1) is 13.8 Å². The van der Waals surface area contributed by atoms with Gasteiger partial charge in [-0.1, -0.05) is 6.07 Å². The zero-order valence-corrected chi connectivity index (χ0v) is 20.1. The Hall–Kier alpha value is -4.31. The third kappa shape index (κ3) is 5.12. The molecule has 4 rings (SSSR count). The highest BCUT2D eigenvalue weighted by Gasteiger charge is 2.17. The van der Waals surface area contributed by atoms with Crippen molar-refractivity contribution in [3.63, 3.8) is 0 Å². The fourth-order valence-corrected chi connectivity index (χ4v) is 4.64. The van der Waals surface area contributed by atoms with Gasteiger partial charge in [-0.15, -0.1) is 0 Å². The van der Waals surface area contributed by atoms with E-state index >= 15 is 0 Å². The van der Waals surface area contributed by atoms with Crippen LogP contribution in [0.1, 0.15) is 32.0 Å². The van der Waals surface area contributed by atoms with Gasteiger partial charge in [-0.3, -0.25) is 25.2 Å². The maximum atomic E-state index is 12.8. The first-order valence-corrected chi connectivity index (χ1v) is 12.1. The molecular weight excluding hydrogens is 468 g/mol. The number of rotatable bonds is 6. The second kappa shape index (κ2) is 9.51. The van der Waals surface area contributed by atoms with E-state index in [0.717, 1.165) is 22.2 Å². The molecule has 2 amide bonds. The van der Waals surface area contributed by atoms with Crippen molar-refractivity contribution < 1.29 is 22.7 Å². The van der Waals surface area contributed by atoms with Gasteiger partial charge in [0, 0.05) is 33.4 Å². The zero-order chi connectivity index (χ0) is 25.2. The van der Waals surface area contributed by atoms with Crippen LogP contribution in [0.3, 0.4) is 0 Å². The van der Waals surface area contributed by atoms with E-state index in [2.05, 4.69) is 20.6 Å². The number of aromatic nitrogens is 1. The number of nitrogens with one attached hydrogen (secondary N) is 4. The van der Waals surface area contributed by atoms with E-state index in [0.29, 0.717) is 17.0 Å². The lowest BCUT2D eigenvalue weighted by Gasteiger charge is -2.11. The van der Waals surface area contributed by atoms with Crippen LogP contribution in [0.2, 0.25) is 0 Å². The number of hydrogen-bond acceptors (Lipinski definition) is 5. The number of aromatic amines is 1. The average Bonchev–Trinajstić information content (AvgIpc) is 3.15. The van der Waals surface area contributed by atoms with Gasteiger partial charge in [0.15, 0.2) is 0 Å². The quantitative estimate of drug-likeness (QED) is 0.305. The number of benzene rings is 3. The summed E-state index contributed by atoms with van der Waals surface area (Å²) >= 11 is 0. The van der Waals surface area contributed by atoms with E-state index in [1.54, 1.807) is 42.5 Å². The molecule has 10 heteroatoms. The van der Waals surface area contributed by atoms with E-state index in [-0.39, 0.29) is 10.5 Å². The monoisotopic (exact) mass is 492 g/mol. The summed E-state index contributed by atoms with van der Waals surface area (Å²) in [5, 5.41) is 0.920. The SMILES string of the molecule is COc1ccc(NS(=O)(=O)c2cccc(C(=O)NNC(=O)c3ccc4[nH]c(C)c(C)c4c3)c2)cc1. The highest BCUT2D eigenvalue weighted by molar-refractivity contribution is 7.92. The number of H-pyrrole nitrogens is 1. The number of amides is 2. The molecule has 0 aliphatic heterocycles. The number of carbonyl (C=O) groups is 2. The van der Waals surface area contributed by atoms with Crippen LogP contribution in [0.25, 0.3) is 10.9 Å². The number of carbonyl (C=O) groups excluding carboxylic acids is 2. The maximum Gasteiger partial charge on any atom is 0.269 e. The van der Waals surface area contributed by atoms with Crippen molar-refractivity contribution in [2.45, 2.75) is 18.7 Å². The van der Waals surface area contributed by atoms with Gasteiger partial charge in [0.1, 0.15) is 5.75 Å². The molecule has 4 N–H and O–H groups in total. The first-order valence-electron chi connectivity index (χ1n) is 10.6. The molecule has 1 heterocycles. The molecule has 0 aliphatic rings. The zero-order valence-electron chi connectivity index (χ0n) is 19.3. The number of hydrazine groups is 1. The van der Waals surface area contributed by atoms with E-state index < -0.39 is 21.8 Å². The van der Waals surface area contributed by atoms with Crippen molar-refractivity contribution in [3.8, 4) is 5.75 Å². The van der Waals surface area contributed by atoms with Crippen LogP contribution < -0.4 is 20.3 Å². The summed E-state index contributed by atoms with van der Waals surface area (Å²) in [6.07, 6.45) is 0. The molecule has 0 saturated heterocycles. The molecule has 0 radical (unpaired) electrons. The molecule has 180 valence electrons. The van der Waals surface area contributed by atoms with Crippen LogP contribution in [0.5, 0.6) is 5.75 Å². The maximum absolute atomic E-state index is 12.8. The van der Waals surface area contributed by atoms with Gasteiger partial charge in [0.25, 0.3) is 21.8 Å². The van der Waals surface area contributed by atoms with Crippen LogP contribution in [-0.2, 0) is 10.0 Å². The molecule has 0 atom stereocenters. The minimum absolute atomic E-state index is 0.0652. The number of fused-ring (bicyclic) bond motifs is 1. The lowest BCUT2D eigenvalue weighted by molar-refractivity contribution is 0.0846. The minimum atomic E-state index is -3.95. The molecule has 35 heavy (non-hydrogen) atoms. The first kappa shape index (κ1) is 23.8. The van der Waals surface area contributed by atoms with Crippen molar-refractivity contribution in [3.05, 3.63) is 89.1 Å². The van der Waals surface area contributed by atoms with Gasteiger partial charge in [-0.05, 0) is 80.1 Å². The van der Waals surface area contributed by atoms with Crippen LogP contribution in [0.4, 0.5) is 5.69 Å². The summed E-state index contributed by atoms with van der Waals surface area (Å²) in [6.45, 7) is 3.91. The van der Waals surface area contributed by atoms with Gasteiger partial charge in [-0.25, -0.2) is 8.42 Å². The number of anilines is 1. The molecule has 0 aliphatic carbocycles. The predicted molar refractivity (Wildman–Crippen MR) is 133 cm³/mol. The Morgan fingerprint density at radius 3 is 2.17 bits per heavy atom. The Kier molecular flexibility index (Phi) is 6.48. The van der Waals surface area contributed by atoms with Crippen LogP contribution in [-0.4, -0.2) is 32.3 Å². The number of ether oxygens (including phenoxy) is 1. The van der Waals surface area contributed by atoms with Gasteiger partial charge in [0.05, 0.1) is 12.0 Å². The lowest BCUT2D eigenvalue weighted by atomic mass is 10.1. The molecule has 0 saturated carbocycles. The Morgan fingerprint density at radius 2 is 1.51 bits per heavy atom. The molecule has 4 aromatic rings. The summed E-state index contributed by atoms with van der Waals surface area (Å²) < 4.78 is 33.1.